The Morgan fingerprint density at radius 3 is 2.25 bits per heavy atom. The Balaban J connectivity index is 4.33. The lowest BCUT2D eigenvalue weighted by atomic mass is 9.85. The van der Waals surface area contributed by atoms with Crippen molar-refractivity contribution in [2.75, 3.05) is 20.2 Å². The van der Waals surface area contributed by atoms with Gasteiger partial charge in [0, 0.05) is 26.2 Å². The first kappa shape index (κ1) is 18.7. The Hall–Kier alpha value is -1.30. The van der Waals surface area contributed by atoms with E-state index in [4.69, 9.17) is 10.2 Å². The number of rotatable bonds is 8. The van der Waals surface area contributed by atoms with Crippen LogP contribution in [-0.4, -0.2) is 53.4 Å². The molecule has 0 aromatic carbocycles. The molecule has 20 heavy (non-hydrogen) atoms. The van der Waals surface area contributed by atoms with Crippen molar-refractivity contribution < 1.29 is 19.8 Å². The summed E-state index contributed by atoms with van der Waals surface area (Å²) in [6.07, 6.45) is 2.34. The number of nitrogens with one attached hydrogen (secondary N) is 1. The highest BCUT2D eigenvalue weighted by atomic mass is 16.4. The third-order valence-corrected chi connectivity index (χ3v) is 3.22. The van der Waals surface area contributed by atoms with Gasteiger partial charge in [0.15, 0.2) is 0 Å². The fourth-order valence-corrected chi connectivity index (χ4v) is 1.75. The number of carboxylic acids is 1. The van der Waals surface area contributed by atoms with Crippen LogP contribution in [0.5, 0.6) is 0 Å². The summed E-state index contributed by atoms with van der Waals surface area (Å²) in [5.41, 5.74) is -0.314. The summed E-state index contributed by atoms with van der Waals surface area (Å²) in [4.78, 5) is 24.4. The first-order chi connectivity index (χ1) is 9.18. The molecular weight excluding hydrogens is 260 g/mol. The molecule has 0 spiro atoms. The second-order valence-electron chi connectivity index (χ2n) is 6.17. The van der Waals surface area contributed by atoms with E-state index >= 15 is 0 Å². The van der Waals surface area contributed by atoms with Gasteiger partial charge in [0.05, 0.1) is 6.42 Å². The lowest BCUT2D eigenvalue weighted by Gasteiger charge is -2.32. The molecule has 0 aromatic heterocycles. The van der Waals surface area contributed by atoms with Crippen molar-refractivity contribution in [2.24, 2.45) is 5.41 Å². The van der Waals surface area contributed by atoms with E-state index in [1.165, 1.54) is 0 Å². The smallest absolute Gasteiger partial charge is 0.317 e. The summed E-state index contributed by atoms with van der Waals surface area (Å²) < 4.78 is 0. The molecule has 6 heteroatoms. The Morgan fingerprint density at radius 1 is 1.20 bits per heavy atom. The van der Waals surface area contributed by atoms with E-state index in [-0.39, 0.29) is 24.5 Å². The van der Waals surface area contributed by atoms with Crippen molar-refractivity contribution in [2.45, 2.75) is 52.5 Å². The fourth-order valence-electron chi connectivity index (χ4n) is 1.75. The number of amides is 2. The van der Waals surface area contributed by atoms with Gasteiger partial charge in [-0.2, -0.15) is 0 Å². The number of aliphatic hydroxyl groups is 1. The quantitative estimate of drug-likeness (QED) is 0.593. The zero-order chi connectivity index (χ0) is 15.8. The molecule has 0 heterocycles. The fraction of sp³-hybridized carbons (Fsp3) is 0.857. The Morgan fingerprint density at radius 2 is 1.80 bits per heavy atom. The molecule has 0 saturated heterocycles. The second kappa shape index (κ2) is 8.79. The minimum atomic E-state index is -0.921. The molecule has 0 aromatic rings. The number of urea groups is 1. The molecule has 0 fully saturated rings. The molecule has 118 valence electrons. The van der Waals surface area contributed by atoms with E-state index in [0.717, 1.165) is 19.3 Å². The summed E-state index contributed by atoms with van der Waals surface area (Å²) in [6.45, 7) is 6.47. The molecule has 3 N–H and O–H groups in total. The number of carboxylic acid groups (broad SMARTS) is 1. The summed E-state index contributed by atoms with van der Waals surface area (Å²) in [5, 5.41) is 20.4. The van der Waals surface area contributed by atoms with Gasteiger partial charge in [0.25, 0.3) is 0 Å². The topological polar surface area (TPSA) is 89.9 Å². The average Bonchev–Trinajstić information content (AvgIpc) is 2.31. The molecule has 1 atom stereocenters. The molecule has 0 aliphatic carbocycles. The number of carbonyl (C=O) groups excluding carboxylic acids is 1. The van der Waals surface area contributed by atoms with E-state index in [9.17, 15) is 9.59 Å². The molecule has 0 aliphatic rings. The largest absolute Gasteiger partial charge is 0.481 e. The summed E-state index contributed by atoms with van der Waals surface area (Å²) >= 11 is 0. The summed E-state index contributed by atoms with van der Waals surface area (Å²) in [5.74, 6) is -0.921. The third kappa shape index (κ3) is 7.99. The number of aliphatic hydroxyl groups excluding tert-OH is 1. The van der Waals surface area contributed by atoms with Crippen molar-refractivity contribution in [3.05, 3.63) is 0 Å². The molecule has 1 unspecified atom stereocenters. The van der Waals surface area contributed by atoms with Crippen LogP contribution in [-0.2, 0) is 4.79 Å². The lowest BCUT2D eigenvalue weighted by molar-refractivity contribution is -0.138. The van der Waals surface area contributed by atoms with E-state index < -0.39 is 12.0 Å². The number of aliphatic carboxylic acids is 1. The first-order valence-electron chi connectivity index (χ1n) is 7.02. The molecule has 6 nitrogen and oxygen atoms in total. The van der Waals surface area contributed by atoms with Crippen LogP contribution in [0.3, 0.4) is 0 Å². The Kier molecular flexibility index (Phi) is 8.22. The standard InChI is InChI=1S/C14H28N2O4/c1-14(2,3)11(10-12(18)19)15-13(20)16(4)8-6-5-7-9-17/h11,17H,5-10H2,1-4H3,(H,15,20)(H,18,19). The van der Waals surface area contributed by atoms with Crippen molar-refractivity contribution in [3.63, 3.8) is 0 Å². The van der Waals surface area contributed by atoms with Crippen molar-refractivity contribution in [1.29, 1.82) is 0 Å². The number of nitrogens with zero attached hydrogens (tertiary/aromatic N) is 1. The van der Waals surface area contributed by atoms with E-state index in [1.54, 1.807) is 11.9 Å². The van der Waals surface area contributed by atoms with Gasteiger partial charge in [-0.05, 0) is 24.7 Å². The number of hydrogen-bond acceptors (Lipinski definition) is 3. The number of unbranched alkanes of at least 4 members (excludes halogenated alkanes) is 2. The number of carbonyl (C=O) groups is 2. The minimum Gasteiger partial charge on any atom is -0.481 e. The van der Waals surface area contributed by atoms with Crippen LogP contribution in [0.1, 0.15) is 46.5 Å². The lowest BCUT2D eigenvalue weighted by Crippen LogP contribution is -2.49. The SMILES string of the molecule is CN(CCCCCO)C(=O)NC(CC(=O)O)C(C)(C)C. The Bertz CT molecular complexity index is 313. The van der Waals surface area contributed by atoms with Crippen molar-refractivity contribution in [3.8, 4) is 0 Å². The van der Waals surface area contributed by atoms with E-state index in [2.05, 4.69) is 5.32 Å². The van der Waals surface area contributed by atoms with Gasteiger partial charge in [-0.3, -0.25) is 4.79 Å². The highest BCUT2D eigenvalue weighted by molar-refractivity contribution is 5.75. The maximum atomic E-state index is 12.0. The van der Waals surface area contributed by atoms with E-state index in [0.29, 0.717) is 6.54 Å². The zero-order valence-electron chi connectivity index (χ0n) is 13.0. The van der Waals surface area contributed by atoms with Crippen LogP contribution < -0.4 is 5.32 Å². The predicted octanol–water partition coefficient (Wildman–Crippen LogP) is 1.68. The minimum absolute atomic E-state index is 0.0897. The maximum Gasteiger partial charge on any atom is 0.317 e. The summed E-state index contributed by atoms with van der Waals surface area (Å²) in [6, 6.07) is -0.664. The number of hydrogen-bond donors (Lipinski definition) is 3. The molecule has 0 radical (unpaired) electrons. The zero-order valence-corrected chi connectivity index (χ0v) is 13.0. The van der Waals surface area contributed by atoms with Crippen LogP contribution in [0.2, 0.25) is 0 Å². The van der Waals surface area contributed by atoms with Gasteiger partial charge in [-0.25, -0.2) is 4.79 Å². The predicted molar refractivity (Wildman–Crippen MR) is 77.6 cm³/mol. The monoisotopic (exact) mass is 288 g/mol. The van der Waals surface area contributed by atoms with Gasteiger partial charge in [-0.1, -0.05) is 20.8 Å². The van der Waals surface area contributed by atoms with Crippen LogP contribution in [0, 0.1) is 5.41 Å². The van der Waals surface area contributed by atoms with Crippen LogP contribution >= 0.6 is 0 Å². The van der Waals surface area contributed by atoms with Crippen LogP contribution in [0.15, 0.2) is 0 Å². The van der Waals surface area contributed by atoms with Crippen molar-refractivity contribution >= 4 is 12.0 Å². The third-order valence-electron chi connectivity index (χ3n) is 3.22. The van der Waals surface area contributed by atoms with Gasteiger partial charge in [0.1, 0.15) is 0 Å². The van der Waals surface area contributed by atoms with Gasteiger partial charge in [-0.15, -0.1) is 0 Å². The average molecular weight is 288 g/mol. The van der Waals surface area contributed by atoms with Crippen LogP contribution in [0.25, 0.3) is 0 Å². The van der Waals surface area contributed by atoms with Crippen molar-refractivity contribution in [1.82, 2.24) is 10.2 Å². The second-order valence-corrected chi connectivity index (χ2v) is 6.17. The molecule has 0 bridgehead atoms. The highest BCUT2D eigenvalue weighted by Gasteiger charge is 2.29. The maximum absolute atomic E-state index is 12.0. The molecule has 2 amide bonds. The summed E-state index contributed by atoms with van der Waals surface area (Å²) in [7, 11) is 1.69. The molecule has 0 aliphatic heterocycles. The van der Waals surface area contributed by atoms with Crippen LogP contribution in [0.4, 0.5) is 4.79 Å². The highest BCUT2D eigenvalue weighted by Crippen LogP contribution is 2.22. The van der Waals surface area contributed by atoms with Gasteiger partial charge in [0.2, 0.25) is 0 Å². The molecule has 0 saturated carbocycles. The Labute approximate surface area is 121 Å². The molecular formula is C14H28N2O4. The van der Waals surface area contributed by atoms with Gasteiger partial charge >= 0.3 is 12.0 Å². The first-order valence-corrected chi connectivity index (χ1v) is 7.02. The van der Waals surface area contributed by atoms with E-state index in [1.807, 2.05) is 20.8 Å². The molecule has 0 rings (SSSR count). The van der Waals surface area contributed by atoms with Gasteiger partial charge < -0.3 is 20.4 Å². The normalized spacial score (nSPS) is 12.8.